The van der Waals surface area contributed by atoms with Gasteiger partial charge in [-0.25, -0.2) is 8.78 Å². The van der Waals surface area contributed by atoms with Crippen LogP contribution in [0.2, 0.25) is 0 Å². The van der Waals surface area contributed by atoms with Gasteiger partial charge in [0.2, 0.25) is 0 Å². The SMILES string of the molecule is O=C(O)Cc1c(F)cccc1Nc1cccc(F)c1. The lowest BCUT2D eigenvalue weighted by molar-refractivity contribution is -0.136. The summed E-state index contributed by atoms with van der Waals surface area (Å²) in [6.07, 6.45) is -0.440. The predicted octanol–water partition coefficient (Wildman–Crippen LogP) is 3.34. The van der Waals surface area contributed by atoms with Gasteiger partial charge in [-0.1, -0.05) is 12.1 Å². The number of carboxylic acid groups (broad SMARTS) is 1. The van der Waals surface area contributed by atoms with Crippen LogP contribution in [0, 0.1) is 11.6 Å². The summed E-state index contributed by atoms with van der Waals surface area (Å²) in [6, 6.07) is 9.85. The molecule has 0 unspecified atom stereocenters. The minimum Gasteiger partial charge on any atom is -0.481 e. The number of halogens is 2. The molecule has 0 saturated heterocycles. The van der Waals surface area contributed by atoms with Gasteiger partial charge < -0.3 is 10.4 Å². The monoisotopic (exact) mass is 263 g/mol. The molecule has 0 aliphatic heterocycles. The number of hydrogen-bond donors (Lipinski definition) is 2. The fourth-order valence-corrected chi connectivity index (χ4v) is 1.73. The van der Waals surface area contributed by atoms with Gasteiger partial charge in [-0.3, -0.25) is 4.79 Å². The van der Waals surface area contributed by atoms with Gasteiger partial charge in [0, 0.05) is 16.9 Å². The van der Waals surface area contributed by atoms with Gasteiger partial charge in [-0.15, -0.1) is 0 Å². The number of rotatable bonds is 4. The molecular weight excluding hydrogens is 252 g/mol. The van der Waals surface area contributed by atoms with Gasteiger partial charge in [0.1, 0.15) is 11.6 Å². The topological polar surface area (TPSA) is 49.3 Å². The van der Waals surface area contributed by atoms with E-state index in [-0.39, 0.29) is 5.56 Å². The maximum absolute atomic E-state index is 13.6. The number of carboxylic acids is 1. The molecule has 0 fully saturated rings. The van der Waals surface area contributed by atoms with E-state index in [9.17, 15) is 13.6 Å². The molecule has 5 heteroatoms. The van der Waals surface area contributed by atoms with Crippen molar-refractivity contribution in [1.29, 1.82) is 0 Å². The second-order valence-corrected chi connectivity index (χ2v) is 3.97. The van der Waals surface area contributed by atoms with Crippen LogP contribution in [-0.4, -0.2) is 11.1 Å². The van der Waals surface area contributed by atoms with Crippen LogP contribution in [0.1, 0.15) is 5.56 Å². The van der Waals surface area contributed by atoms with Crippen molar-refractivity contribution >= 4 is 17.3 Å². The molecule has 2 aromatic rings. The van der Waals surface area contributed by atoms with E-state index in [2.05, 4.69) is 5.32 Å². The minimum absolute atomic E-state index is 0.0410. The molecule has 0 aliphatic carbocycles. The average molecular weight is 263 g/mol. The van der Waals surface area contributed by atoms with Crippen molar-refractivity contribution in [2.45, 2.75) is 6.42 Å². The Morgan fingerprint density at radius 3 is 2.58 bits per heavy atom. The number of carbonyl (C=O) groups is 1. The molecule has 2 rings (SSSR count). The largest absolute Gasteiger partial charge is 0.481 e. The van der Waals surface area contributed by atoms with Crippen LogP contribution in [-0.2, 0) is 11.2 Å². The average Bonchev–Trinajstić information content (AvgIpc) is 2.33. The number of anilines is 2. The number of hydrogen-bond acceptors (Lipinski definition) is 2. The molecule has 19 heavy (non-hydrogen) atoms. The molecule has 0 saturated carbocycles. The summed E-state index contributed by atoms with van der Waals surface area (Å²) in [6.45, 7) is 0. The molecule has 2 aromatic carbocycles. The van der Waals surface area contributed by atoms with Crippen LogP contribution >= 0.6 is 0 Å². The van der Waals surface area contributed by atoms with Crippen LogP contribution in [0.3, 0.4) is 0 Å². The van der Waals surface area contributed by atoms with Crippen molar-refractivity contribution in [2.75, 3.05) is 5.32 Å². The van der Waals surface area contributed by atoms with Crippen molar-refractivity contribution in [1.82, 2.24) is 0 Å². The Bertz CT molecular complexity index is 614. The molecule has 0 amide bonds. The smallest absolute Gasteiger partial charge is 0.308 e. The molecule has 3 nitrogen and oxygen atoms in total. The quantitative estimate of drug-likeness (QED) is 0.889. The van der Waals surface area contributed by atoms with Gasteiger partial charge in [0.05, 0.1) is 6.42 Å². The molecule has 0 spiro atoms. The van der Waals surface area contributed by atoms with Crippen molar-refractivity contribution in [3.8, 4) is 0 Å². The fourth-order valence-electron chi connectivity index (χ4n) is 1.73. The first-order valence-corrected chi connectivity index (χ1v) is 5.58. The first-order valence-electron chi connectivity index (χ1n) is 5.58. The van der Waals surface area contributed by atoms with Crippen LogP contribution in [0.4, 0.5) is 20.2 Å². The lowest BCUT2D eigenvalue weighted by Crippen LogP contribution is -2.06. The third kappa shape index (κ3) is 3.28. The highest BCUT2D eigenvalue weighted by Gasteiger charge is 2.12. The summed E-state index contributed by atoms with van der Waals surface area (Å²) in [7, 11) is 0. The van der Waals surface area contributed by atoms with E-state index in [0.29, 0.717) is 11.4 Å². The standard InChI is InChI=1S/C14H11F2NO2/c15-9-3-1-4-10(7-9)17-13-6-2-5-12(16)11(13)8-14(18)19/h1-7,17H,8H2,(H,18,19). The van der Waals surface area contributed by atoms with Gasteiger partial charge in [-0.05, 0) is 30.3 Å². The third-order valence-electron chi connectivity index (χ3n) is 2.55. The lowest BCUT2D eigenvalue weighted by Gasteiger charge is -2.11. The summed E-state index contributed by atoms with van der Waals surface area (Å²) in [5.41, 5.74) is 0.782. The number of nitrogens with one attached hydrogen (secondary N) is 1. The molecule has 0 atom stereocenters. The van der Waals surface area contributed by atoms with E-state index in [0.717, 1.165) is 0 Å². The zero-order chi connectivity index (χ0) is 13.8. The maximum atomic E-state index is 13.6. The molecule has 0 heterocycles. The fraction of sp³-hybridized carbons (Fsp3) is 0.0714. The Hall–Kier alpha value is -2.43. The van der Waals surface area contributed by atoms with Crippen LogP contribution in [0.25, 0.3) is 0 Å². The second kappa shape index (κ2) is 5.48. The molecule has 0 aliphatic rings. The Labute approximate surface area is 108 Å². The first-order chi connectivity index (χ1) is 9.06. The Balaban J connectivity index is 2.34. The van der Waals surface area contributed by atoms with Gasteiger partial charge in [-0.2, -0.15) is 0 Å². The van der Waals surface area contributed by atoms with Crippen molar-refractivity contribution in [2.24, 2.45) is 0 Å². The Kier molecular flexibility index (Phi) is 3.75. The van der Waals surface area contributed by atoms with Crippen LogP contribution in [0.5, 0.6) is 0 Å². The van der Waals surface area contributed by atoms with Crippen molar-refractivity contribution in [3.63, 3.8) is 0 Å². The molecule has 0 bridgehead atoms. The predicted molar refractivity (Wildman–Crippen MR) is 67.4 cm³/mol. The normalized spacial score (nSPS) is 10.2. The molecule has 98 valence electrons. The van der Waals surface area contributed by atoms with Gasteiger partial charge in [0.25, 0.3) is 0 Å². The summed E-state index contributed by atoms with van der Waals surface area (Å²) >= 11 is 0. The highest BCUT2D eigenvalue weighted by atomic mass is 19.1. The minimum atomic E-state index is -1.13. The summed E-state index contributed by atoms with van der Waals surface area (Å²) in [5, 5.41) is 11.6. The lowest BCUT2D eigenvalue weighted by atomic mass is 10.1. The van der Waals surface area contributed by atoms with Crippen molar-refractivity contribution in [3.05, 3.63) is 59.7 Å². The van der Waals surface area contributed by atoms with Gasteiger partial charge >= 0.3 is 5.97 Å². The Morgan fingerprint density at radius 2 is 1.89 bits per heavy atom. The first kappa shape index (κ1) is 13.0. The Morgan fingerprint density at radius 1 is 1.16 bits per heavy atom. The van der Waals surface area contributed by atoms with Gasteiger partial charge in [0.15, 0.2) is 0 Å². The van der Waals surface area contributed by atoms with E-state index in [1.54, 1.807) is 12.1 Å². The second-order valence-electron chi connectivity index (χ2n) is 3.97. The highest BCUT2D eigenvalue weighted by Crippen LogP contribution is 2.24. The summed E-state index contributed by atoms with van der Waals surface area (Å²) in [5.74, 6) is -2.17. The molecular formula is C14H11F2NO2. The summed E-state index contributed by atoms with van der Waals surface area (Å²) in [4.78, 5) is 10.7. The summed E-state index contributed by atoms with van der Waals surface area (Å²) < 4.78 is 26.7. The zero-order valence-corrected chi connectivity index (χ0v) is 9.86. The van der Waals surface area contributed by atoms with Crippen LogP contribution < -0.4 is 5.32 Å². The molecule has 0 radical (unpaired) electrons. The highest BCUT2D eigenvalue weighted by molar-refractivity contribution is 5.75. The van der Waals surface area contributed by atoms with E-state index in [1.807, 2.05) is 0 Å². The molecule has 2 N–H and O–H groups in total. The third-order valence-corrected chi connectivity index (χ3v) is 2.55. The van der Waals surface area contributed by atoms with E-state index < -0.39 is 24.0 Å². The number of benzene rings is 2. The zero-order valence-electron chi connectivity index (χ0n) is 9.86. The number of aliphatic carboxylic acids is 1. The molecule has 0 aromatic heterocycles. The van der Waals surface area contributed by atoms with E-state index >= 15 is 0 Å². The van der Waals surface area contributed by atoms with Crippen molar-refractivity contribution < 1.29 is 18.7 Å². The van der Waals surface area contributed by atoms with E-state index in [4.69, 9.17) is 5.11 Å². The maximum Gasteiger partial charge on any atom is 0.308 e. The van der Waals surface area contributed by atoms with E-state index in [1.165, 1.54) is 30.3 Å². The van der Waals surface area contributed by atoms with Crippen LogP contribution in [0.15, 0.2) is 42.5 Å².